The Balaban J connectivity index is 2.98. The minimum absolute atomic E-state index is 0.140. The Bertz CT molecular complexity index is 476. The molecule has 0 spiro atoms. The molecule has 0 radical (unpaired) electrons. The van der Waals surface area contributed by atoms with Crippen LogP contribution in [-0.4, -0.2) is 35.9 Å². The van der Waals surface area contributed by atoms with Gasteiger partial charge >= 0.3 is 5.97 Å². The molecule has 0 saturated heterocycles. The van der Waals surface area contributed by atoms with Crippen molar-refractivity contribution in [1.29, 1.82) is 0 Å². The molecular weight excluding hydrogens is 218 g/mol. The van der Waals surface area contributed by atoms with Crippen molar-refractivity contribution in [1.82, 2.24) is 4.90 Å². The van der Waals surface area contributed by atoms with E-state index >= 15 is 0 Å². The molecule has 0 unspecified atom stereocenters. The van der Waals surface area contributed by atoms with Crippen molar-refractivity contribution in [3.63, 3.8) is 0 Å². The van der Waals surface area contributed by atoms with Crippen molar-refractivity contribution in [2.45, 2.75) is 6.92 Å². The van der Waals surface area contributed by atoms with E-state index in [1.54, 1.807) is 24.1 Å². The molecule has 17 heavy (non-hydrogen) atoms. The van der Waals surface area contributed by atoms with E-state index in [0.717, 1.165) is 0 Å². The summed E-state index contributed by atoms with van der Waals surface area (Å²) < 4.78 is 0. The largest absolute Gasteiger partial charge is 0.478 e. The van der Waals surface area contributed by atoms with E-state index < -0.39 is 5.97 Å². The fourth-order valence-electron chi connectivity index (χ4n) is 1.37. The standard InChI is InChI=1S/C13H15NO3/c1-9-8-10(4-5-11(9)13(16)17)12(15)6-7-14(2)3/h4-8H,1-3H3,(H,16,17)/b7-6+. The minimum Gasteiger partial charge on any atom is -0.478 e. The second-order valence-electron chi connectivity index (χ2n) is 3.98. The smallest absolute Gasteiger partial charge is 0.335 e. The summed E-state index contributed by atoms with van der Waals surface area (Å²) in [6, 6.07) is 4.57. The molecule has 0 aliphatic heterocycles. The van der Waals surface area contributed by atoms with Gasteiger partial charge in [0.05, 0.1) is 5.56 Å². The summed E-state index contributed by atoms with van der Waals surface area (Å²) in [5.74, 6) is -1.12. The van der Waals surface area contributed by atoms with Crippen LogP contribution >= 0.6 is 0 Å². The molecular formula is C13H15NO3. The number of rotatable bonds is 4. The summed E-state index contributed by atoms with van der Waals surface area (Å²) >= 11 is 0. The number of aryl methyl sites for hydroxylation is 1. The number of carboxylic acids is 1. The first-order valence-corrected chi connectivity index (χ1v) is 5.14. The lowest BCUT2D eigenvalue weighted by Crippen LogP contribution is -2.05. The van der Waals surface area contributed by atoms with Gasteiger partial charge in [-0.15, -0.1) is 0 Å². The molecule has 0 atom stereocenters. The van der Waals surface area contributed by atoms with E-state index in [1.165, 1.54) is 18.2 Å². The molecule has 4 nitrogen and oxygen atoms in total. The molecule has 0 bridgehead atoms. The number of carbonyl (C=O) groups excluding carboxylic acids is 1. The van der Waals surface area contributed by atoms with Gasteiger partial charge < -0.3 is 10.0 Å². The van der Waals surface area contributed by atoms with Gasteiger partial charge in [-0.25, -0.2) is 4.79 Å². The molecule has 4 heteroatoms. The van der Waals surface area contributed by atoms with Crippen LogP contribution in [0.5, 0.6) is 0 Å². The molecule has 0 fully saturated rings. The van der Waals surface area contributed by atoms with E-state index in [-0.39, 0.29) is 11.3 Å². The Morgan fingerprint density at radius 3 is 2.41 bits per heavy atom. The SMILES string of the molecule is Cc1cc(C(=O)/C=C/N(C)C)ccc1C(=O)O. The molecule has 0 heterocycles. The fraction of sp³-hybridized carbons (Fsp3) is 0.231. The van der Waals surface area contributed by atoms with Crippen LogP contribution in [0.15, 0.2) is 30.5 Å². The molecule has 0 saturated carbocycles. The quantitative estimate of drug-likeness (QED) is 0.638. The van der Waals surface area contributed by atoms with Crippen LogP contribution in [-0.2, 0) is 0 Å². The predicted molar refractivity (Wildman–Crippen MR) is 65.3 cm³/mol. The Morgan fingerprint density at radius 2 is 1.94 bits per heavy atom. The van der Waals surface area contributed by atoms with Crippen LogP contribution in [0, 0.1) is 6.92 Å². The Kier molecular flexibility index (Phi) is 4.04. The summed E-state index contributed by atoms with van der Waals surface area (Å²) in [5.41, 5.74) is 1.30. The third-order valence-electron chi connectivity index (χ3n) is 2.27. The normalized spacial score (nSPS) is 10.5. The summed E-state index contributed by atoms with van der Waals surface area (Å²) in [6.45, 7) is 1.68. The van der Waals surface area contributed by atoms with Crippen molar-refractivity contribution in [2.24, 2.45) is 0 Å². The topological polar surface area (TPSA) is 57.6 Å². The van der Waals surface area contributed by atoms with Gasteiger partial charge in [0.15, 0.2) is 5.78 Å². The number of nitrogens with zero attached hydrogens (tertiary/aromatic N) is 1. The van der Waals surface area contributed by atoms with Crippen LogP contribution < -0.4 is 0 Å². The zero-order valence-electron chi connectivity index (χ0n) is 10.1. The highest BCUT2D eigenvalue weighted by atomic mass is 16.4. The molecule has 0 amide bonds. The summed E-state index contributed by atoms with van der Waals surface area (Å²) in [7, 11) is 3.64. The molecule has 0 aliphatic carbocycles. The summed E-state index contributed by atoms with van der Waals surface area (Å²) in [6.07, 6.45) is 3.11. The Morgan fingerprint density at radius 1 is 1.29 bits per heavy atom. The number of ketones is 1. The van der Waals surface area contributed by atoms with Crippen LogP contribution in [0.1, 0.15) is 26.3 Å². The van der Waals surface area contributed by atoms with Gasteiger partial charge in [0.2, 0.25) is 0 Å². The van der Waals surface area contributed by atoms with Crippen LogP contribution in [0.2, 0.25) is 0 Å². The van der Waals surface area contributed by atoms with Crippen molar-refractivity contribution >= 4 is 11.8 Å². The highest BCUT2D eigenvalue weighted by Crippen LogP contribution is 2.12. The van der Waals surface area contributed by atoms with Gasteiger partial charge in [-0.2, -0.15) is 0 Å². The summed E-state index contributed by atoms with van der Waals surface area (Å²) in [4.78, 5) is 24.3. The highest BCUT2D eigenvalue weighted by molar-refractivity contribution is 6.05. The van der Waals surface area contributed by atoms with Crippen molar-refractivity contribution < 1.29 is 14.7 Å². The summed E-state index contributed by atoms with van der Waals surface area (Å²) in [5, 5.41) is 8.87. The van der Waals surface area contributed by atoms with E-state index in [0.29, 0.717) is 11.1 Å². The lowest BCUT2D eigenvalue weighted by molar-refractivity contribution is 0.0695. The lowest BCUT2D eigenvalue weighted by Gasteiger charge is -2.04. The third-order valence-corrected chi connectivity index (χ3v) is 2.27. The zero-order valence-corrected chi connectivity index (χ0v) is 10.1. The average Bonchev–Trinajstić information content (AvgIpc) is 2.25. The van der Waals surface area contributed by atoms with Gasteiger partial charge in [0, 0.05) is 31.9 Å². The Hall–Kier alpha value is -2.10. The average molecular weight is 233 g/mol. The van der Waals surface area contributed by atoms with Gasteiger partial charge in [-0.1, -0.05) is 6.07 Å². The fourth-order valence-corrected chi connectivity index (χ4v) is 1.37. The van der Waals surface area contributed by atoms with Gasteiger partial charge in [0.25, 0.3) is 0 Å². The van der Waals surface area contributed by atoms with Crippen LogP contribution in [0.25, 0.3) is 0 Å². The number of carbonyl (C=O) groups is 2. The van der Waals surface area contributed by atoms with E-state index in [4.69, 9.17) is 5.11 Å². The Labute approximate surface area is 100 Å². The second kappa shape index (κ2) is 5.30. The lowest BCUT2D eigenvalue weighted by atomic mass is 10.0. The number of hydrogen-bond donors (Lipinski definition) is 1. The maximum atomic E-state index is 11.7. The molecule has 1 rings (SSSR count). The van der Waals surface area contributed by atoms with Crippen molar-refractivity contribution in [3.05, 3.63) is 47.2 Å². The first-order chi connectivity index (χ1) is 7.91. The highest BCUT2D eigenvalue weighted by Gasteiger charge is 2.09. The second-order valence-corrected chi connectivity index (χ2v) is 3.98. The first-order valence-electron chi connectivity index (χ1n) is 5.14. The number of hydrogen-bond acceptors (Lipinski definition) is 3. The molecule has 1 N–H and O–H groups in total. The van der Waals surface area contributed by atoms with Gasteiger partial charge in [-0.05, 0) is 24.6 Å². The number of allylic oxidation sites excluding steroid dienone is 1. The van der Waals surface area contributed by atoms with Crippen LogP contribution in [0.3, 0.4) is 0 Å². The number of carboxylic acid groups (broad SMARTS) is 1. The van der Waals surface area contributed by atoms with E-state index in [1.807, 2.05) is 14.1 Å². The monoisotopic (exact) mass is 233 g/mol. The molecule has 90 valence electrons. The van der Waals surface area contributed by atoms with Crippen molar-refractivity contribution in [3.8, 4) is 0 Å². The molecule has 0 aromatic heterocycles. The van der Waals surface area contributed by atoms with Crippen molar-refractivity contribution in [2.75, 3.05) is 14.1 Å². The van der Waals surface area contributed by atoms with E-state index in [2.05, 4.69) is 0 Å². The maximum absolute atomic E-state index is 11.7. The first kappa shape index (κ1) is 13.0. The van der Waals surface area contributed by atoms with Gasteiger partial charge in [0.1, 0.15) is 0 Å². The molecule has 0 aliphatic rings. The third kappa shape index (κ3) is 3.45. The van der Waals surface area contributed by atoms with Gasteiger partial charge in [-0.3, -0.25) is 4.79 Å². The molecule has 1 aromatic carbocycles. The predicted octanol–water partition coefficient (Wildman–Crippen LogP) is 1.95. The van der Waals surface area contributed by atoms with Crippen LogP contribution in [0.4, 0.5) is 0 Å². The minimum atomic E-state index is -0.981. The zero-order chi connectivity index (χ0) is 13.0. The molecule has 1 aromatic rings. The van der Waals surface area contributed by atoms with E-state index in [9.17, 15) is 9.59 Å². The number of benzene rings is 1. The maximum Gasteiger partial charge on any atom is 0.335 e. The number of aromatic carboxylic acids is 1.